The minimum absolute atomic E-state index is 0.0632. The number of fused-ring (bicyclic) bond motifs is 2. The molecule has 1 unspecified atom stereocenters. The summed E-state index contributed by atoms with van der Waals surface area (Å²) in [5.74, 6) is -0.495. The highest BCUT2D eigenvalue weighted by Gasteiger charge is 2.14. The number of para-hydroxylation sites is 4. The maximum Gasteiger partial charge on any atom is 0.333 e. The van der Waals surface area contributed by atoms with E-state index >= 15 is 0 Å². The third-order valence-electron chi connectivity index (χ3n) is 14.7. The average molecular weight is 1290 g/mol. The Kier molecular flexibility index (Phi) is 23.7. The third-order valence-corrected chi connectivity index (χ3v) is 16.1. The van der Waals surface area contributed by atoms with Crippen LogP contribution in [0.5, 0.6) is 0 Å². The van der Waals surface area contributed by atoms with Crippen LogP contribution in [0.4, 0.5) is 79.6 Å². The van der Waals surface area contributed by atoms with Crippen molar-refractivity contribution in [3.8, 4) is 0 Å². The highest BCUT2D eigenvalue weighted by atomic mass is 32.2. The van der Waals surface area contributed by atoms with Crippen molar-refractivity contribution in [2.75, 3.05) is 55.1 Å². The normalized spacial score (nSPS) is 10.9. The number of carbonyl (C=O) groups excluding carboxylic acids is 1. The molecule has 0 amide bonds. The summed E-state index contributed by atoms with van der Waals surface area (Å²) in [5, 5.41) is 38.1. The molecule has 0 aliphatic rings. The molecular formula is C82H76N8O5S. The summed E-state index contributed by atoms with van der Waals surface area (Å²) >= 11 is 0. The number of sulfonamides is 1. The van der Waals surface area contributed by atoms with E-state index in [2.05, 4.69) is 206 Å². The van der Waals surface area contributed by atoms with Gasteiger partial charge in [0.05, 0.1) is 4.90 Å². The lowest BCUT2D eigenvalue weighted by atomic mass is 10.1. The maximum atomic E-state index is 12.4. The van der Waals surface area contributed by atoms with Crippen LogP contribution < -0.4 is 41.9 Å². The number of anilines is 14. The number of hydrogen-bond acceptors (Lipinski definition) is 12. The van der Waals surface area contributed by atoms with Gasteiger partial charge in [0.15, 0.2) is 0 Å². The van der Waals surface area contributed by atoms with Gasteiger partial charge >= 0.3 is 5.97 Å². The fourth-order valence-electron chi connectivity index (χ4n) is 9.71. The quantitative estimate of drug-likeness (QED) is 0.0246. The van der Waals surface area contributed by atoms with Crippen LogP contribution in [0.3, 0.4) is 0 Å². The molecule has 0 heterocycles. The zero-order valence-corrected chi connectivity index (χ0v) is 54.2. The molecule has 0 spiro atoms. The summed E-state index contributed by atoms with van der Waals surface area (Å²) < 4.78 is 32.2. The second-order valence-corrected chi connectivity index (χ2v) is 24.2. The van der Waals surface area contributed by atoms with Crippen molar-refractivity contribution in [2.45, 2.75) is 24.8 Å². The number of aryl methyl sites for hydroxylation is 1. The molecule has 9 N–H and O–H groups in total. The first kappa shape index (κ1) is 66.8. The molecule has 0 bridgehead atoms. The molecule has 0 aliphatic carbocycles. The summed E-state index contributed by atoms with van der Waals surface area (Å²) in [6.45, 7) is 7.20. The van der Waals surface area contributed by atoms with E-state index in [-0.39, 0.29) is 18.0 Å². The predicted molar refractivity (Wildman–Crippen MR) is 401 cm³/mol. The molecule has 13 aromatic carbocycles. The van der Waals surface area contributed by atoms with Crippen molar-refractivity contribution in [2.24, 2.45) is 0 Å². The van der Waals surface area contributed by atoms with Crippen molar-refractivity contribution in [3.63, 3.8) is 0 Å². The lowest BCUT2D eigenvalue weighted by Crippen LogP contribution is -2.26. The second kappa shape index (κ2) is 34.0. The molecule has 13 aromatic rings. The van der Waals surface area contributed by atoms with E-state index in [0.29, 0.717) is 11.3 Å². The fraction of sp³-hybridized carbons (Fsp3) is 0.0610. The molecule has 13 nitrogen and oxygen atoms in total. The largest absolute Gasteiger partial charge is 0.460 e. The number of hydrogen-bond donors (Lipinski definition) is 9. The molecule has 0 radical (unpaired) electrons. The number of ether oxygens (including phenoxy) is 1. The highest BCUT2D eigenvalue weighted by Crippen LogP contribution is 2.28. The first-order valence-corrected chi connectivity index (χ1v) is 32.8. The number of esters is 1. The van der Waals surface area contributed by atoms with Gasteiger partial charge in [0.2, 0.25) is 0 Å². The Hall–Kier alpha value is -12.1. The molecule has 14 heteroatoms. The predicted octanol–water partition coefficient (Wildman–Crippen LogP) is 20.5. The Morgan fingerprint density at radius 2 is 0.646 bits per heavy atom. The number of nitrogens with one attached hydrogen (secondary N) is 8. The molecule has 1 atom stereocenters. The number of carbonyl (C=O) groups is 1. The van der Waals surface area contributed by atoms with Gasteiger partial charge in [-0.05, 0) is 217 Å². The zero-order valence-electron chi connectivity index (χ0n) is 53.4. The van der Waals surface area contributed by atoms with Gasteiger partial charge in [-0.1, -0.05) is 158 Å². The number of benzene rings is 13. The summed E-state index contributed by atoms with van der Waals surface area (Å²) in [6.07, 6.45) is -0.782. The number of aliphatic hydroxyl groups is 1. The number of aliphatic hydroxyl groups excluding tert-OH is 1. The van der Waals surface area contributed by atoms with Crippen molar-refractivity contribution in [1.29, 1.82) is 0 Å². The number of rotatable bonds is 21. The van der Waals surface area contributed by atoms with E-state index < -0.39 is 22.1 Å². The van der Waals surface area contributed by atoms with Gasteiger partial charge in [-0.25, -0.2) is 13.2 Å². The van der Waals surface area contributed by atoms with E-state index in [9.17, 15) is 18.3 Å². The van der Waals surface area contributed by atoms with Crippen LogP contribution in [0.1, 0.15) is 12.5 Å². The van der Waals surface area contributed by atoms with Crippen LogP contribution in [-0.2, 0) is 19.6 Å². The third kappa shape index (κ3) is 21.2. The molecule has 0 aromatic heterocycles. The van der Waals surface area contributed by atoms with Gasteiger partial charge in [0.1, 0.15) is 12.7 Å². The van der Waals surface area contributed by atoms with E-state index in [1.165, 1.54) is 21.5 Å². The topological polar surface area (TPSA) is 177 Å². The average Bonchev–Trinajstić information content (AvgIpc) is 2.55. The minimum atomic E-state index is -3.57. The van der Waals surface area contributed by atoms with E-state index in [4.69, 9.17) is 4.74 Å². The van der Waals surface area contributed by atoms with Crippen molar-refractivity contribution in [1.82, 2.24) is 0 Å². The Morgan fingerprint density at radius 3 is 0.990 bits per heavy atom. The van der Waals surface area contributed by atoms with Crippen molar-refractivity contribution < 1.29 is 23.1 Å². The molecular weight excluding hydrogens is 1210 g/mol. The Balaban J connectivity index is 0.000000140. The molecule has 13 rings (SSSR count). The molecule has 0 aliphatic heterocycles. The van der Waals surface area contributed by atoms with E-state index in [1.807, 2.05) is 140 Å². The lowest BCUT2D eigenvalue weighted by Gasteiger charge is -2.14. The van der Waals surface area contributed by atoms with Crippen molar-refractivity contribution in [3.05, 3.63) is 345 Å². The smallest absolute Gasteiger partial charge is 0.333 e. The van der Waals surface area contributed by atoms with Gasteiger partial charge in [0, 0.05) is 91.7 Å². The fourth-order valence-corrected chi connectivity index (χ4v) is 10.8. The molecule has 0 saturated carbocycles. The molecule has 0 fully saturated rings. The SMILES string of the molecule is C=C(C)C(=O)OCC(O)CNc1ccc(Nc2ccccc2)cc1.Cc1ccc(S(=O)(=O)Nc2ccc(Nc3ccccc3)cc2)cc1.c1ccc(Nc2ccc(Nc3ccccc3)cc2)cc1.c1ccc2cc(Nc3ccc(Nc4ccc5ccccc5c4)cc3)ccc2c1. The summed E-state index contributed by atoms with van der Waals surface area (Å²) in [5.41, 5.74) is 15.3. The van der Waals surface area contributed by atoms with Gasteiger partial charge in [-0.3, -0.25) is 4.72 Å². The standard InChI is InChI=1S/C26H20N2.C19H22N2O3.C19H18N2O2S.C18H16N2/c1-3-7-21-17-25(11-9-19(21)5-1)27-23-13-15-24(16-14-23)28-26-12-10-20-6-2-4-8-22(20)18-26;1-14(2)19(23)24-13-18(22)12-20-15-8-10-17(11-9-15)21-16-6-4-3-5-7-16;1-15-7-13-19(14-8-15)24(22,23)21-18-11-9-17(10-12-18)20-16-5-3-2-4-6-16;1-3-7-15(8-4-1)19-17-11-13-18(14-12-17)20-16-9-5-2-6-10-16/h1-18,27-28H;3-11,18,20-22H,1,12-13H2,2H3;2-14,20-21H,1H3;1-14,19-20H. The summed E-state index contributed by atoms with van der Waals surface area (Å²) in [4.78, 5) is 11.5. The first-order valence-electron chi connectivity index (χ1n) is 31.4. The van der Waals surface area contributed by atoms with E-state index in [0.717, 1.165) is 79.5 Å². The monoisotopic (exact) mass is 1280 g/mol. The van der Waals surface area contributed by atoms with Crippen molar-refractivity contribution >= 4 is 117 Å². The van der Waals surface area contributed by atoms with E-state index in [1.54, 1.807) is 43.3 Å². The van der Waals surface area contributed by atoms with Gasteiger partial charge in [0.25, 0.3) is 10.0 Å². The zero-order chi connectivity index (χ0) is 66.7. The highest BCUT2D eigenvalue weighted by molar-refractivity contribution is 7.92. The van der Waals surface area contributed by atoms with Crippen LogP contribution in [-0.4, -0.2) is 38.7 Å². The van der Waals surface area contributed by atoms with Crippen LogP contribution in [0.25, 0.3) is 21.5 Å². The molecule has 96 heavy (non-hydrogen) atoms. The lowest BCUT2D eigenvalue weighted by molar-refractivity contribution is -0.141. The van der Waals surface area contributed by atoms with Crippen LogP contribution >= 0.6 is 0 Å². The maximum absolute atomic E-state index is 12.4. The first-order chi connectivity index (χ1) is 46.8. The van der Waals surface area contributed by atoms with Crippen LogP contribution in [0.2, 0.25) is 0 Å². The molecule has 0 saturated heterocycles. The van der Waals surface area contributed by atoms with Crippen LogP contribution in [0, 0.1) is 6.92 Å². The Bertz CT molecular complexity index is 4510. The van der Waals surface area contributed by atoms with Gasteiger partial charge in [-0.2, -0.15) is 0 Å². The summed E-state index contributed by atoms with van der Waals surface area (Å²) in [6, 6.07) is 108. The molecule has 480 valence electrons. The Labute approximate surface area is 562 Å². The Morgan fingerprint density at radius 1 is 0.365 bits per heavy atom. The minimum Gasteiger partial charge on any atom is -0.460 e. The van der Waals surface area contributed by atoms with Gasteiger partial charge in [-0.15, -0.1) is 0 Å². The summed E-state index contributed by atoms with van der Waals surface area (Å²) in [7, 11) is -3.57. The second-order valence-electron chi connectivity index (χ2n) is 22.5. The van der Waals surface area contributed by atoms with Gasteiger partial charge < -0.3 is 47.1 Å². The van der Waals surface area contributed by atoms with Crippen LogP contribution in [0.15, 0.2) is 345 Å².